The maximum absolute atomic E-state index is 11.2. The van der Waals surface area contributed by atoms with Crippen LogP contribution in [0.5, 0.6) is 0 Å². The Bertz CT molecular complexity index is 595. The van der Waals surface area contributed by atoms with Crippen LogP contribution in [0.2, 0.25) is 0 Å². The van der Waals surface area contributed by atoms with Crippen LogP contribution in [0.25, 0.3) is 17.2 Å². The maximum atomic E-state index is 11.2. The van der Waals surface area contributed by atoms with Gasteiger partial charge in [0.15, 0.2) is 0 Å². The van der Waals surface area contributed by atoms with Gasteiger partial charge in [-0.15, -0.1) is 0 Å². The number of rotatable bonds is 4. The molecule has 0 amide bonds. The summed E-state index contributed by atoms with van der Waals surface area (Å²) in [5.41, 5.74) is 4.47. The number of carbonyl (C=O) groups is 1. The van der Waals surface area contributed by atoms with E-state index in [2.05, 4.69) is 41.1 Å². The van der Waals surface area contributed by atoms with Crippen molar-refractivity contribution < 1.29 is 9.53 Å². The van der Waals surface area contributed by atoms with E-state index in [-0.39, 0.29) is 5.97 Å². The molecule has 0 radical (unpaired) electrons. The van der Waals surface area contributed by atoms with Crippen molar-refractivity contribution in [3.63, 3.8) is 0 Å². The molecule has 2 nitrogen and oxygen atoms in total. The topological polar surface area (TPSA) is 26.3 Å². The minimum atomic E-state index is -0.209. The molecular weight excluding hydrogens is 248 g/mol. The summed E-state index contributed by atoms with van der Waals surface area (Å²) >= 11 is 0. The predicted octanol–water partition coefficient (Wildman–Crippen LogP) is 4.32. The number of esters is 1. The zero-order valence-electron chi connectivity index (χ0n) is 11.8. The molecule has 0 aromatic heterocycles. The van der Waals surface area contributed by atoms with E-state index in [4.69, 9.17) is 0 Å². The third-order valence-corrected chi connectivity index (χ3v) is 3.08. The van der Waals surface area contributed by atoms with E-state index < -0.39 is 0 Å². The summed E-state index contributed by atoms with van der Waals surface area (Å²) in [7, 11) is 1.41. The quantitative estimate of drug-likeness (QED) is 0.770. The van der Waals surface area contributed by atoms with Gasteiger partial charge in [-0.3, -0.25) is 4.79 Å². The van der Waals surface area contributed by atoms with Crippen LogP contribution in [0.1, 0.15) is 18.9 Å². The molecule has 0 N–H and O–H groups in total. The minimum absolute atomic E-state index is 0.209. The molecule has 0 unspecified atom stereocenters. The Morgan fingerprint density at radius 2 is 1.60 bits per heavy atom. The number of hydrogen-bond acceptors (Lipinski definition) is 2. The van der Waals surface area contributed by atoms with Crippen molar-refractivity contribution in [3.05, 3.63) is 65.7 Å². The number of ether oxygens (including phenoxy) is 1. The fourth-order valence-corrected chi connectivity index (χ4v) is 2.04. The van der Waals surface area contributed by atoms with Crippen LogP contribution in [0, 0.1) is 0 Å². The normalized spacial score (nSPS) is 11.2. The average Bonchev–Trinajstić information content (AvgIpc) is 2.48. The van der Waals surface area contributed by atoms with Gasteiger partial charge in [-0.2, -0.15) is 0 Å². The standard InChI is InChI=1S/C18H18O2/c1-14(13-18(19)20-2)12-15-8-10-17(11-9-15)16-6-4-3-5-7-16/h3-12H,13H2,1-2H3. The molecule has 0 heterocycles. The van der Waals surface area contributed by atoms with E-state index >= 15 is 0 Å². The molecule has 0 bridgehead atoms. The van der Waals surface area contributed by atoms with Crippen LogP contribution >= 0.6 is 0 Å². The van der Waals surface area contributed by atoms with Crippen LogP contribution in [0.4, 0.5) is 0 Å². The molecule has 0 saturated heterocycles. The summed E-state index contributed by atoms with van der Waals surface area (Å²) in [6.45, 7) is 1.93. The van der Waals surface area contributed by atoms with E-state index in [1.807, 2.05) is 31.2 Å². The average molecular weight is 266 g/mol. The second-order valence-electron chi connectivity index (χ2n) is 4.73. The van der Waals surface area contributed by atoms with Gasteiger partial charge in [-0.05, 0) is 23.6 Å². The van der Waals surface area contributed by atoms with Crippen molar-refractivity contribution >= 4 is 12.0 Å². The Balaban J connectivity index is 2.13. The highest BCUT2D eigenvalue weighted by Gasteiger charge is 2.01. The molecule has 0 spiro atoms. The largest absolute Gasteiger partial charge is 0.469 e. The zero-order chi connectivity index (χ0) is 14.4. The van der Waals surface area contributed by atoms with Gasteiger partial charge in [0.2, 0.25) is 0 Å². The number of carbonyl (C=O) groups excluding carboxylic acids is 1. The predicted molar refractivity (Wildman–Crippen MR) is 82.2 cm³/mol. The highest BCUT2D eigenvalue weighted by molar-refractivity contribution is 5.74. The van der Waals surface area contributed by atoms with Crippen molar-refractivity contribution in [1.82, 2.24) is 0 Å². The first-order valence-corrected chi connectivity index (χ1v) is 6.58. The fourth-order valence-electron chi connectivity index (χ4n) is 2.04. The minimum Gasteiger partial charge on any atom is -0.469 e. The first kappa shape index (κ1) is 14.1. The Hall–Kier alpha value is -2.35. The van der Waals surface area contributed by atoms with Gasteiger partial charge in [-0.25, -0.2) is 0 Å². The van der Waals surface area contributed by atoms with Gasteiger partial charge in [-0.1, -0.05) is 66.2 Å². The first-order valence-electron chi connectivity index (χ1n) is 6.58. The highest BCUT2D eigenvalue weighted by atomic mass is 16.5. The van der Waals surface area contributed by atoms with E-state index in [0.717, 1.165) is 11.1 Å². The number of hydrogen-bond donors (Lipinski definition) is 0. The SMILES string of the molecule is COC(=O)CC(C)=Cc1ccc(-c2ccccc2)cc1. The van der Waals surface area contributed by atoms with Crippen molar-refractivity contribution in [3.8, 4) is 11.1 Å². The molecular formula is C18H18O2. The molecule has 20 heavy (non-hydrogen) atoms. The number of methoxy groups -OCH3 is 1. The second-order valence-corrected chi connectivity index (χ2v) is 4.73. The van der Waals surface area contributed by atoms with Crippen LogP contribution < -0.4 is 0 Å². The monoisotopic (exact) mass is 266 g/mol. The summed E-state index contributed by atoms with van der Waals surface area (Å²) < 4.78 is 4.66. The lowest BCUT2D eigenvalue weighted by molar-refractivity contribution is -0.139. The molecule has 102 valence electrons. The Labute approximate surface area is 119 Å². The third-order valence-electron chi connectivity index (χ3n) is 3.08. The molecule has 0 aliphatic rings. The van der Waals surface area contributed by atoms with Gasteiger partial charge in [0, 0.05) is 0 Å². The smallest absolute Gasteiger partial charge is 0.309 e. The summed E-state index contributed by atoms with van der Waals surface area (Å²) in [4.78, 5) is 11.2. The fraction of sp³-hybridized carbons (Fsp3) is 0.167. The Morgan fingerprint density at radius 3 is 2.20 bits per heavy atom. The highest BCUT2D eigenvalue weighted by Crippen LogP contribution is 2.20. The van der Waals surface area contributed by atoms with E-state index in [1.165, 1.54) is 18.2 Å². The molecule has 2 heteroatoms. The summed E-state index contributed by atoms with van der Waals surface area (Å²) in [6, 6.07) is 18.6. The Morgan fingerprint density at radius 1 is 1.00 bits per heavy atom. The van der Waals surface area contributed by atoms with Crippen LogP contribution in [-0.4, -0.2) is 13.1 Å². The number of benzene rings is 2. The van der Waals surface area contributed by atoms with E-state index in [1.54, 1.807) is 0 Å². The van der Waals surface area contributed by atoms with Gasteiger partial charge in [0.1, 0.15) is 0 Å². The van der Waals surface area contributed by atoms with Gasteiger partial charge in [0.25, 0.3) is 0 Å². The molecule has 0 fully saturated rings. The lowest BCUT2D eigenvalue weighted by atomic mass is 10.0. The first-order chi connectivity index (χ1) is 9.69. The Kier molecular flexibility index (Phi) is 4.72. The van der Waals surface area contributed by atoms with Gasteiger partial charge >= 0.3 is 5.97 Å². The van der Waals surface area contributed by atoms with E-state index in [9.17, 15) is 4.79 Å². The van der Waals surface area contributed by atoms with Crippen molar-refractivity contribution in [2.24, 2.45) is 0 Å². The molecule has 2 rings (SSSR count). The summed E-state index contributed by atoms with van der Waals surface area (Å²) in [5.74, 6) is -0.209. The molecule has 0 aliphatic carbocycles. The van der Waals surface area contributed by atoms with Gasteiger partial charge < -0.3 is 4.74 Å². The van der Waals surface area contributed by atoms with E-state index in [0.29, 0.717) is 6.42 Å². The van der Waals surface area contributed by atoms with Crippen molar-refractivity contribution in [2.45, 2.75) is 13.3 Å². The summed E-state index contributed by atoms with van der Waals surface area (Å²) in [5, 5.41) is 0. The van der Waals surface area contributed by atoms with Crippen molar-refractivity contribution in [2.75, 3.05) is 7.11 Å². The van der Waals surface area contributed by atoms with Crippen LogP contribution in [-0.2, 0) is 9.53 Å². The molecule has 2 aromatic rings. The summed E-state index contributed by atoms with van der Waals surface area (Å²) in [6.07, 6.45) is 2.34. The molecule has 0 atom stereocenters. The lowest BCUT2D eigenvalue weighted by Gasteiger charge is -2.03. The van der Waals surface area contributed by atoms with Crippen LogP contribution in [0.15, 0.2) is 60.2 Å². The molecule has 0 saturated carbocycles. The third kappa shape index (κ3) is 3.82. The second kappa shape index (κ2) is 6.71. The molecule has 0 aliphatic heterocycles. The molecule has 2 aromatic carbocycles. The zero-order valence-corrected chi connectivity index (χ0v) is 11.8. The van der Waals surface area contributed by atoms with Crippen molar-refractivity contribution in [1.29, 1.82) is 0 Å². The lowest BCUT2D eigenvalue weighted by Crippen LogP contribution is -1.99. The van der Waals surface area contributed by atoms with Gasteiger partial charge in [0.05, 0.1) is 13.5 Å². The van der Waals surface area contributed by atoms with Crippen LogP contribution in [0.3, 0.4) is 0 Å². The maximum Gasteiger partial charge on any atom is 0.309 e.